The van der Waals surface area contributed by atoms with Crippen molar-refractivity contribution in [3.05, 3.63) is 29.8 Å². The van der Waals surface area contributed by atoms with E-state index in [-0.39, 0.29) is 23.1 Å². The molecule has 98 valence electrons. The zero-order chi connectivity index (χ0) is 13.4. The number of nitrogens with zero attached hydrogens (tertiary/aromatic N) is 1. The molecule has 1 fully saturated rings. The van der Waals surface area contributed by atoms with Gasteiger partial charge in [0.2, 0.25) is 5.91 Å². The first-order valence-electron chi connectivity index (χ1n) is 5.94. The van der Waals surface area contributed by atoms with E-state index >= 15 is 0 Å². The summed E-state index contributed by atoms with van der Waals surface area (Å²) >= 11 is 1.45. The van der Waals surface area contributed by atoms with Crippen molar-refractivity contribution in [2.45, 2.75) is 17.7 Å². The Morgan fingerprint density at radius 2 is 2.16 bits per heavy atom. The first kappa shape index (κ1) is 12.2. The quantitative estimate of drug-likeness (QED) is 0.842. The Hall–Kier alpha value is -1.82. The Kier molecular flexibility index (Phi) is 3.02. The molecule has 0 spiro atoms. The van der Waals surface area contributed by atoms with Gasteiger partial charge in [-0.25, -0.2) is 4.99 Å². The molecule has 2 heterocycles. The molecule has 2 aliphatic heterocycles. The molecule has 0 radical (unpaired) electrons. The van der Waals surface area contributed by atoms with Crippen LogP contribution in [0.4, 0.5) is 0 Å². The van der Waals surface area contributed by atoms with Gasteiger partial charge in [-0.15, -0.1) is 0 Å². The second-order valence-corrected chi connectivity index (χ2v) is 5.76. The summed E-state index contributed by atoms with van der Waals surface area (Å²) in [7, 11) is 0. The number of aldehydes is 1. The lowest BCUT2D eigenvalue weighted by Gasteiger charge is -2.43. The fraction of sp³-hybridized carbons (Fsp3) is 0.308. The maximum absolute atomic E-state index is 11.2. The van der Waals surface area contributed by atoms with Gasteiger partial charge >= 0.3 is 0 Å². The second-order valence-electron chi connectivity index (χ2n) is 4.57. The Labute approximate surface area is 114 Å². The van der Waals surface area contributed by atoms with Gasteiger partial charge in [-0.1, -0.05) is 11.8 Å². The minimum absolute atomic E-state index is 0.0343. The van der Waals surface area contributed by atoms with E-state index in [0.717, 1.165) is 12.7 Å². The Balaban J connectivity index is 1.70. The van der Waals surface area contributed by atoms with E-state index in [4.69, 9.17) is 10.5 Å². The summed E-state index contributed by atoms with van der Waals surface area (Å²) in [6.07, 6.45) is 1.67. The number of fused-ring (bicyclic) bond motifs is 1. The van der Waals surface area contributed by atoms with Crippen molar-refractivity contribution in [3.63, 3.8) is 0 Å². The second kappa shape index (κ2) is 4.70. The average molecular weight is 276 g/mol. The first-order valence-corrected chi connectivity index (χ1v) is 6.82. The highest BCUT2D eigenvalue weighted by Gasteiger charge is 2.49. The van der Waals surface area contributed by atoms with Crippen molar-refractivity contribution in [2.75, 3.05) is 0 Å². The number of hydrogen-bond acceptors (Lipinski definition) is 5. The molecule has 1 saturated carbocycles. The molecule has 1 aliphatic carbocycles. The van der Waals surface area contributed by atoms with Gasteiger partial charge in [0.15, 0.2) is 0 Å². The molecular formula is C13H12N2O3S. The number of carbonyl (C=O) groups is 2. The fourth-order valence-electron chi connectivity index (χ4n) is 2.27. The smallest absolute Gasteiger partial charge is 0.251 e. The highest BCUT2D eigenvalue weighted by molar-refractivity contribution is 8.14. The fourth-order valence-corrected chi connectivity index (χ4v) is 3.63. The van der Waals surface area contributed by atoms with Gasteiger partial charge in [0.05, 0.1) is 12.0 Å². The van der Waals surface area contributed by atoms with Crippen molar-refractivity contribution in [2.24, 2.45) is 16.6 Å². The topological polar surface area (TPSA) is 81.8 Å². The molecule has 19 heavy (non-hydrogen) atoms. The number of benzene rings is 1. The van der Waals surface area contributed by atoms with Crippen LogP contribution in [0.3, 0.4) is 0 Å². The summed E-state index contributed by atoms with van der Waals surface area (Å²) in [6, 6.07) is 6.78. The van der Waals surface area contributed by atoms with Crippen molar-refractivity contribution in [3.8, 4) is 5.75 Å². The summed E-state index contributed by atoms with van der Waals surface area (Å²) in [5, 5.41) is 0.752. The highest BCUT2D eigenvalue weighted by atomic mass is 32.2. The summed E-state index contributed by atoms with van der Waals surface area (Å²) < 4.78 is 5.63. The number of hydrogen-bond donors (Lipinski definition) is 1. The first-order chi connectivity index (χ1) is 9.17. The monoisotopic (exact) mass is 276 g/mol. The van der Waals surface area contributed by atoms with E-state index in [1.54, 1.807) is 24.3 Å². The summed E-state index contributed by atoms with van der Waals surface area (Å²) in [5.41, 5.74) is 5.92. The largest absolute Gasteiger partial charge is 0.434 e. The molecule has 2 N–H and O–H groups in total. The number of nitrogens with two attached hydrogens (primary N) is 1. The number of primary amides is 1. The van der Waals surface area contributed by atoms with E-state index in [0.29, 0.717) is 16.5 Å². The van der Waals surface area contributed by atoms with Gasteiger partial charge in [0, 0.05) is 10.8 Å². The average Bonchev–Trinajstić information content (AvgIpc) is 2.39. The van der Waals surface area contributed by atoms with E-state index in [9.17, 15) is 9.59 Å². The lowest BCUT2D eigenvalue weighted by atomic mass is 9.78. The summed E-state index contributed by atoms with van der Waals surface area (Å²) in [5.74, 6) is 0.190. The van der Waals surface area contributed by atoms with Gasteiger partial charge in [-0.3, -0.25) is 9.59 Å². The molecule has 1 aromatic carbocycles. The van der Waals surface area contributed by atoms with Crippen LogP contribution in [0.5, 0.6) is 5.75 Å². The van der Waals surface area contributed by atoms with Crippen LogP contribution < -0.4 is 10.5 Å². The Morgan fingerprint density at radius 3 is 2.68 bits per heavy atom. The maximum atomic E-state index is 11.2. The SMILES string of the molecule is NC(=O)C1C2CC1SC(Oc1ccc(C=O)cc1)=N2. The third-order valence-electron chi connectivity index (χ3n) is 3.36. The molecule has 6 heteroatoms. The standard InChI is InChI=1S/C13H12N2O3S/c14-12(17)11-9-5-10(11)19-13(15-9)18-8-3-1-7(6-16)2-4-8/h1-4,6,9-11H,5H2,(H2,14,17). The van der Waals surface area contributed by atoms with Crippen LogP contribution in [-0.2, 0) is 4.79 Å². The summed E-state index contributed by atoms with van der Waals surface area (Å²) in [6.45, 7) is 0. The minimum Gasteiger partial charge on any atom is -0.434 e. The van der Waals surface area contributed by atoms with Gasteiger partial charge in [0.25, 0.3) is 5.23 Å². The Bertz CT molecular complexity index is 556. The van der Waals surface area contributed by atoms with Gasteiger partial charge in [0.1, 0.15) is 12.0 Å². The minimum atomic E-state index is -0.285. The Morgan fingerprint density at radius 1 is 1.42 bits per heavy atom. The molecular weight excluding hydrogens is 264 g/mol. The number of rotatable bonds is 3. The van der Waals surface area contributed by atoms with E-state index in [2.05, 4.69) is 4.99 Å². The third kappa shape index (κ3) is 2.23. The van der Waals surface area contributed by atoms with Gasteiger partial charge < -0.3 is 10.5 Å². The van der Waals surface area contributed by atoms with Gasteiger partial charge in [-0.2, -0.15) is 0 Å². The lowest BCUT2D eigenvalue weighted by Crippen LogP contribution is -2.53. The van der Waals surface area contributed by atoms with Crippen LogP contribution in [0, 0.1) is 5.92 Å². The number of amides is 1. The number of aliphatic imine (C=N–C) groups is 1. The zero-order valence-electron chi connectivity index (χ0n) is 9.98. The molecule has 3 unspecified atom stereocenters. The molecule has 0 saturated heterocycles. The molecule has 3 aliphatic rings. The zero-order valence-corrected chi connectivity index (χ0v) is 10.8. The molecule has 2 bridgehead atoms. The van der Waals surface area contributed by atoms with E-state index in [1.165, 1.54) is 11.8 Å². The maximum Gasteiger partial charge on any atom is 0.251 e. The number of thioether (sulfide) groups is 1. The van der Waals surface area contributed by atoms with Crippen LogP contribution in [0.15, 0.2) is 29.3 Å². The molecule has 5 nitrogen and oxygen atoms in total. The van der Waals surface area contributed by atoms with Crippen LogP contribution in [0.1, 0.15) is 16.8 Å². The van der Waals surface area contributed by atoms with Gasteiger partial charge in [-0.05, 0) is 30.7 Å². The molecule has 3 atom stereocenters. The number of ether oxygens (including phenoxy) is 1. The molecule has 1 aromatic rings. The van der Waals surface area contributed by atoms with Crippen LogP contribution >= 0.6 is 11.8 Å². The predicted molar refractivity (Wildman–Crippen MR) is 72.4 cm³/mol. The normalized spacial score (nSPS) is 28.0. The molecule has 1 amide bonds. The predicted octanol–water partition coefficient (Wildman–Crippen LogP) is 1.22. The molecule has 0 aromatic heterocycles. The van der Waals surface area contributed by atoms with Crippen molar-refractivity contribution in [1.29, 1.82) is 0 Å². The lowest BCUT2D eigenvalue weighted by molar-refractivity contribution is -0.124. The van der Waals surface area contributed by atoms with Crippen molar-refractivity contribution < 1.29 is 14.3 Å². The van der Waals surface area contributed by atoms with Crippen LogP contribution in [0.2, 0.25) is 0 Å². The number of carbonyl (C=O) groups excluding carboxylic acids is 2. The summed E-state index contributed by atoms with van der Waals surface area (Å²) in [4.78, 5) is 26.1. The van der Waals surface area contributed by atoms with Crippen LogP contribution in [0.25, 0.3) is 0 Å². The van der Waals surface area contributed by atoms with Crippen molar-refractivity contribution in [1.82, 2.24) is 0 Å². The highest BCUT2D eigenvalue weighted by Crippen LogP contribution is 2.45. The van der Waals surface area contributed by atoms with Crippen LogP contribution in [-0.4, -0.2) is 28.7 Å². The van der Waals surface area contributed by atoms with Crippen molar-refractivity contribution >= 4 is 29.2 Å². The molecule has 4 rings (SSSR count). The van der Waals surface area contributed by atoms with E-state index in [1.807, 2.05) is 0 Å². The van der Waals surface area contributed by atoms with E-state index < -0.39 is 0 Å². The third-order valence-corrected chi connectivity index (χ3v) is 4.54.